The van der Waals surface area contributed by atoms with E-state index in [0.29, 0.717) is 59.4 Å². The average Bonchev–Trinajstić information content (AvgIpc) is 4.15. The number of aromatic amines is 2. The molecule has 0 saturated carbocycles. The summed E-state index contributed by atoms with van der Waals surface area (Å²) in [7, 11) is 2.54. The lowest BCUT2D eigenvalue weighted by atomic mass is 10.0. The molecular formula is C47H52FN9O7S. The zero-order valence-corrected chi connectivity index (χ0v) is 37.8. The molecule has 5 atom stereocenters. The predicted octanol–water partition coefficient (Wildman–Crippen LogP) is 8.32. The van der Waals surface area contributed by atoms with Crippen molar-refractivity contribution >= 4 is 46.2 Å². The number of ether oxygens (including phenoxy) is 3. The fourth-order valence-corrected chi connectivity index (χ4v) is 10.1. The molecule has 65 heavy (non-hydrogen) atoms. The van der Waals surface area contributed by atoms with Gasteiger partial charge in [-0.05, 0) is 79.3 Å². The first-order chi connectivity index (χ1) is 31.3. The number of fused-ring (bicyclic) bond motifs is 5. The molecule has 3 aliphatic heterocycles. The van der Waals surface area contributed by atoms with E-state index in [4.69, 9.17) is 19.2 Å². The second kappa shape index (κ2) is 17.7. The first-order valence-electron chi connectivity index (χ1n) is 21.9. The molecule has 0 bridgehead atoms. The highest BCUT2D eigenvalue weighted by molar-refractivity contribution is 7.10. The Hall–Kier alpha value is -6.69. The van der Waals surface area contributed by atoms with Crippen LogP contribution in [0.5, 0.6) is 5.75 Å². The van der Waals surface area contributed by atoms with Crippen LogP contribution < -0.4 is 15.4 Å². The smallest absolute Gasteiger partial charge is 0.407 e. The summed E-state index contributed by atoms with van der Waals surface area (Å²) in [5.41, 5.74) is 4.60. The van der Waals surface area contributed by atoms with E-state index in [1.165, 1.54) is 20.3 Å². The van der Waals surface area contributed by atoms with E-state index in [2.05, 4.69) is 25.6 Å². The second-order valence-electron chi connectivity index (χ2n) is 17.4. The van der Waals surface area contributed by atoms with Crippen LogP contribution in [0.3, 0.4) is 0 Å². The molecule has 4 aromatic heterocycles. The van der Waals surface area contributed by atoms with Crippen LogP contribution in [0.1, 0.15) is 88.2 Å². The summed E-state index contributed by atoms with van der Waals surface area (Å²) in [6.45, 7) is 8.56. The molecule has 2 aromatic carbocycles. The minimum absolute atomic E-state index is 0.150. The lowest BCUT2D eigenvalue weighted by Gasteiger charge is -2.30. The molecule has 3 aliphatic rings. The van der Waals surface area contributed by atoms with Gasteiger partial charge in [0.2, 0.25) is 18.0 Å². The van der Waals surface area contributed by atoms with Crippen LogP contribution in [0.15, 0.2) is 66.3 Å². The van der Waals surface area contributed by atoms with Crippen molar-refractivity contribution in [2.75, 3.05) is 27.3 Å². The Balaban J connectivity index is 1.01. The van der Waals surface area contributed by atoms with Gasteiger partial charge in [-0.15, -0.1) is 11.3 Å². The Kier molecular flexibility index (Phi) is 11.9. The van der Waals surface area contributed by atoms with Crippen LogP contribution in [0.2, 0.25) is 0 Å². The molecule has 9 rings (SSSR count). The summed E-state index contributed by atoms with van der Waals surface area (Å²) in [4.78, 5) is 72.4. The summed E-state index contributed by atoms with van der Waals surface area (Å²) in [6, 6.07) is 13.1. The molecule has 1 unspecified atom stereocenters. The summed E-state index contributed by atoms with van der Waals surface area (Å²) < 4.78 is 35.1. The van der Waals surface area contributed by atoms with Gasteiger partial charge in [-0.2, -0.15) is 0 Å². The Morgan fingerprint density at radius 3 is 1.92 bits per heavy atom. The van der Waals surface area contributed by atoms with Crippen LogP contribution in [0, 0.1) is 17.7 Å². The molecule has 2 fully saturated rings. The third-order valence-electron chi connectivity index (χ3n) is 12.7. The number of rotatable bonds is 11. The molecule has 0 radical (unpaired) electrons. The van der Waals surface area contributed by atoms with Gasteiger partial charge in [-0.25, -0.2) is 23.9 Å². The van der Waals surface area contributed by atoms with Crippen molar-refractivity contribution in [3.63, 3.8) is 0 Å². The highest BCUT2D eigenvalue weighted by atomic mass is 32.1. The van der Waals surface area contributed by atoms with E-state index >= 15 is 4.39 Å². The number of carbonyl (C=O) groups excluding carboxylic acids is 4. The highest BCUT2D eigenvalue weighted by Crippen LogP contribution is 2.48. The third kappa shape index (κ3) is 8.08. The lowest BCUT2D eigenvalue weighted by Crippen LogP contribution is -2.51. The van der Waals surface area contributed by atoms with Gasteiger partial charge < -0.3 is 44.6 Å². The number of hydrogen-bond acceptors (Lipinski definition) is 10. The summed E-state index contributed by atoms with van der Waals surface area (Å²) in [6.07, 6.45) is 4.48. The second-order valence-corrected chi connectivity index (χ2v) is 18.4. The van der Waals surface area contributed by atoms with Crippen molar-refractivity contribution in [1.82, 2.24) is 44.9 Å². The monoisotopic (exact) mass is 905 g/mol. The van der Waals surface area contributed by atoms with E-state index < -0.39 is 36.3 Å². The number of nitrogens with one attached hydrogen (secondary N) is 4. The number of likely N-dealkylation sites (tertiary alicyclic amines) is 2. The lowest BCUT2D eigenvalue weighted by molar-refractivity contribution is -0.136. The van der Waals surface area contributed by atoms with E-state index in [1.807, 2.05) is 80.1 Å². The minimum atomic E-state index is -0.768. The Bertz CT molecular complexity index is 2760. The number of H-pyrrole nitrogens is 2. The standard InChI is InChI=1S/C47H52FN9O7S/c1-24(2)39(53-46(60)62-5)43(58)55-15-7-10-33(55)41-49-22-30(51-41)26-13-14-32-28(18-26)20-35-38-29(48)19-27(21-36(38)64-45(57(32)35)37-12-9-17-65-37)31-23-50-42(52-31)34-11-8-16-56(34)44(59)40(25(3)4)54-47(61)63-6/h9,12-14,17-25,33-34,39-40,45H,7-8,10-11,15-16H2,1-6H3,(H,49,51)(H,50,52)(H,53,60)(H,54,61)/t33-,34-,39-,40-,45?/m0/s1. The van der Waals surface area contributed by atoms with Crippen LogP contribution >= 0.6 is 11.3 Å². The number of amides is 4. The molecule has 2 saturated heterocycles. The molecule has 16 nitrogen and oxygen atoms in total. The maximum absolute atomic E-state index is 16.7. The summed E-state index contributed by atoms with van der Waals surface area (Å²) >= 11 is 1.55. The van der Waals surface area contributed by atoms with Gasteiger partial charge in [0, 0.05) is 29.6 Å². The van der Waals surface area contributed by atoms with Crippen molar-refractivity contribution in [2.24, 2.45) is 11.8 Å². The van der Waals surface area contributed by atoms with E-state index in [1.54, 1.807) is 33.5 Å². The van der Waals surface area contributed by atoms with Crippen molar-refractivity contribution < 1.29 is 37.8 Å². The van der Waals surface area contributed by atoms with Crippen molar-refractivity contribution in [1.29, 1.82) is 0 Å². The van der Waals surface area contributed by atoms with Gasteiger partial charge in [0.1, 0.15) is 35.3 Å². The molecule has 7 heterocycles. The summed E-state index contributed by atoms with van der Waals surface area (Å²) in [5.74, 6) is 0.426. The van der Waals surface area contributed by atoms with Crippen molar-refractivity contribution in [3.8, 4) is 39.5 Å². The number of benzene rings is 2. The number of aromatic nitrogens is 5. The van der Waals surface area contributed by atoms with Gasteiger partial charge in [0.25, 0.3) is 0 Å². The number of alkyl carbamates (subject to hydrolysis) is 2. The molecule has 4 amide bonds. The van der Waals surface area contributed by atoms with Gasteiger partial charge in [-0.3, -0.25) is 14.2 Å². The zero-order chi connectivity index (χ0) is 45.7. The topological polar surface area (TPSA) is 189 Å². The number of nitrogens with zero attached hydrogens (tertiary/aromatic N) is 5. The van der Waals surface area contributed by atoms with E-state index in [-0.39, 0.29) is 35.7 Å². The first kappa shape index (κ1) is 43.6. The van der Waals surface area contributed by atoms with Gasteiger partial charge in [0.05, 0.1) is 71.7 Å². The Morgan fingerprint density at radius 1 is 0.800 bits per heavy atom. The molecular weight excluding hydrogens is 854 g/mol. The van der Waals surface area contributed by atoms with Gasteiger partial charge >= 0.3 is 12.2 Å². The predicted molar refractivity (Wildman–Crippen MR) is 241 cm³/mol. The van der Waals surface area contributed by atoms with Crippen LogP contribution in [0.4, 0.5) is 14.0 Å². The number of carbonyl (C=O) groups is 4. The molecule has 340 valence electrons. The van der Waals surface area contributed by atoms with Crippen LogP contribution in [-0.4, -0.2) is 97.7 Å². The minimum Gasteiger partial charge on any atom is -0.464 e. The molecule has 0 spiro atoms. The quantitative estimate of drug-likeness (QED) is 0.0991. The normalized spacial score (nSPS) is 18.9. The summed E-state index contributed by atoms with van der Waals surface area (Å²) in [5, 5.41) is 8.24. The number of methoxy groups -OCH3 is 2. The number of hydrogen-bond donors (Lipinski definition) is 4. The Morgan fingerprint density at radius 2 is 1.38 bits per heavy atom. The zero-order valence-electron chi connectivity index (χ0n) is 37.0. The number of imidazole rings is 2. The van der Waals surface area contributed by atoms with Gasteiger partial charge in [-0.1, -0.05) is 39.8 Å². The number of halogens is 1. The molecule has 6 aromatic rings. The maximum atomic E-state index is 16.7. The van der Waals surface area contributed by atoms with Crippen molar-refractivity contribution in [3.05, 3.63) is 88.6 Å². The number of thiophene rings is 1. The maximum Gasteiger partial charge on any atom is 0.407 e. The van der Waals surface area contributed by atoms with Crippen LogP contribution in [0.25, 0.3) is 44.7 Å². The fraction of sp³-hybridized carbons (Fsp3) is 0.404. The largest absolute Gasteiger partial charge is 0.464 e. The average molecular weight is 906 g/mol. The van der Waals surface area contributed by atoms with E-state index in [9.17, 15) is 19.2 Å². The fourth-order valence-electron chi connectivity index (χ4n) is 9.41. The molecule has 0 aliphatic carbocycles. The highest BCUT2D eigenvalue weighted by Gasteiger charge is 2.40. The van der Waals surface area contributed by atoms with Crippen LogP contribution in [-0.2, 0) is 19.1 Å². The van der Waals surface area contributed by atoms with Crippen molar-refractivity contribution in [2.45, 2.75) is 83.8 Å². The van der Waals surface area contributed by atoms with E-state index in [0.717, 1.165) is 46.3 Å². The van der Waals surface area contributed by atoms with Gasteiger partial charge in [0.15, 0.2) is 0 Å². The molecule has 4 N–H and O–H groups in total. The Labute approximate surface area is 378 Å². The molecule has 18 heteroatoms. The first-order valence-corrected chi connectivity index (χ1v) is 22.8. The third-order valence-corrected chi connectivity index (χ3v) is 13.6. The SMILES string of the molecule is COC(=O)N[C@H](C(=O)N1CCC[C@H]1c1ncc(-c2cc(F)c3c(c2)OC(c2cccs2)n2c-3cc3cc(-c4cnc([C@@H]5CCCN5C(=O)[C@@H](NC(=O)OC)C(C)C)[nH]4)ccc32)[nH]1)C(C)C.